The number of ketones is 1. The maximum atomic E-state index is 13.4. The quantitative estimate of drug-likeness (QED) is 0.626. The first-order valence-corrected chi connectivity index (χ1v) is 10.9. The van der Waals surface area contributed by atoms with Gasteiger partial charge in [-0.05, 0) is 71.1 Å². The fraction of sp³-hybridized carbons (Fsp3) is 0.480. The van der Waals surface area contributed by atoms with Crippen molar-refractivity contribution in [1.82, 2.24) is 0 Å². The van der Waals surface area contributed by atoms with Gasteiger partial charge in [0, 0.05) is 11.1 Å². The Morgan fingerprint density at radius 3 is 2.13 bits per heavy atom. The average molecular weight is 424 g/mol. The lowest BCUT2D eigenvalue weighted by Gasteiger charge is -2.41. The number of benzene rings is 2. The molecule has 3 aliphatic rings. The number of ether oxygens (including phenoxy) is 3. The molecule has 2 aromatic rings. The molecule has 2 aromatic carbocycles. The van der Waals surface area contributed by atoms with E-state index in [9.17, 15) is 15.0 Å². The van der Waals surface area contributed by atoms with Crippen molar-refractivity contribution in [3.05, 3.63) is 40.5 Å². The first-order chi connectivity index (χ1) is 14.5. The lowest BCUT2D eigenvalue weighted by Crippen LogP contribution is -2.38. The van der Waals surface area contributed by atoms with E-state index in [0.717, 1.165) is 42.6 Å². The second kappa shape index (κ2) is 6.55. The SMILES string of the molecule is CC1(C)CCc2c(c3c(c4c2OC(c2ccc(O)c(O)c2)CC4=O)OC(C)(C)CC3)O1. The third kappa shape index (κ3) is 3.29. The fourth-order valence-electron chi connectivity index (χ4n) is 4.75. The molecule has 2 N–H and O–H groups in total. The molecule has 0 aromatic heterocycles. The topological polar surface area (TPSA) is 85.2 Å². The summed E-state index contributed by atoms with van der Waals surface area (Å²) in [5.74, 6) is 1.45. The van der Waals surface area contributed by atoms with E-state index < -0.39 is 6.10 Å². The van der Waals surface area contributed by atoms with Crippen molar-refractivity contribution in [3.63, 3.8) is 0 Å². The molecule has 164 valence electrons. The fourth-order valence-corrected chi connectivity index (χ4v) is 4.75. The highest BCUT2D eigenvalue weighted by Gasteiger charge is 2.43. The zero-order valence-corrected chi connectivity index (χ0v) is 18.4. The number of hydrogen-bond acceptors (Lipinski definition) is 6. The number of carbonyl (C=O) groups excluding carboxylic acids is 1. The Morgan fingerprint density at radius 2 is 1.48 bits per heavy atom. The van der Waals surface area contributed by atoms with Crippen molar-refractivity contribution >= 4 is 5.78 Å². The lowest BCUT2D eigenvalue weighted by atomic mass is 9.83. The van der Waals surface area contributed by atoms with Gasteiger partial charge in [0.1, 0.15) is 40.1 Å². The molecule has 6 heteroatoms. The molecule has 6 nitrogen and oxygen atoms in total. The molecule has 3 heterocycles. The maximum absolute atomic E-state index is 13.4. The summed E-state index contributed by atoms with van der Waals surface area (Å²) in [5.41, 5.74) is 2.38. The third-order valence-electron chi connectivity index (χ3n) is 6.54. The van der Waals surface area contributed by atoms with E-state index >= 15 is 0 Å². The summed E-state index contributed by atoms with van der Waals surface area (Å²) in [5, 5.41) is 19.6. The summed E-state index contributed by atoms with van der Waals surface area (Å²) >= 11 is 0. The molecule has 0 radical (unpaired) electrons. The van der Waals surface area contributed by atoms with Crippen LogP contribution >= 0.6 is 0 Å². The van der Waals surface area contributed by atoms with E-state index in [-0.39, 0.29) is 34.9 Å². The summed E-state index contributed by atoms with van der Waals surface area (Å²) in [6, 6.07) is 4.53. The molecule has 0 bridgehead atoms. The maximum Gasteiger partial charge on any atom is 0.174 e. The van der Waals surface area contributed by atoms with Crippen molar-refractivity contribution in [2.24, 2.45) is 0 Å². The number of fused-ring (bicyclic) bond motifs is 6. The standard InChI is InChI=1S/C25H28O6/c1-24(2)9-7-14-21(30-24)15-8-10-25(3,4)31-23(15)20-18(28)12-19(29-22(14)20)13-5-6-16(26)17(27)11-13/h5-6,11,19,26-27H,7-10,12H2,1-4H3. The number of rotatable bonds is 1. The van der Waals surface area contributed by atoms with Gasteiger partial charge in [0.2, 0.25) is 0 Å². The number of Topliss-reactive ketones (excluding diaryl/α,β-unsaturated/α-hetero) is 1. The van der Waals surface area contributed by atoms with Gasteiger partial charge in [-0.3, -0.25) is 4.79 Å². The molecule has 0 amide bonds. The largest absolute Gasteiger partial charge is 0.504 e. The Balaban J connectivity index is 1.67. The van der Waals surface area contributed by atoms with Gasteiger partial charge in [0.25, 0.3) is 0 Å². The molecule has 3 aliphatic heterocycles. The van der Waals surface area contributed by atoms with Gasteiger partial charge in [0.15, 0.2) is 17.3 Å². The van der Waals surface area contributed by atoms with Crippen LogP contribution in [0.15, 0.2) is 18.2 Å². The molecule has 0 aliphatic carbocycles. The zero-order valence-electron chi connectivity index (χ0n) is 18.4. The molecule has 31 heavy (non-hydrogen) atoms. The number of phenolic OH excluding ortho intramolecular Hbond substituents is 2. The predicted molar refractivity (Wildman–Crippen MR) is 115 cm³/mol. The van der Waals surface area contributed by atoms with E-state index in [2.05, 4.69) is 13.8 Å². The zero-order chi connectivity index (χ0) is 22.1. The van der Waals surface area contributed by atoms with E-state index in [1.807, 2.05) is 13.8 Å². The van der Waals surface area contributed by atoms with E-state index in [1.54, 1.807) is 6.07 Å². The molecule has 0 spiro atoms. The highest BCUT2D eigenvalue weighted by Crippen LogP contribution is 2.54. The van der Waals surface area contributed by atoms with Crippen LogP contribution in [0.4, 0.5) is 0 Å². The molecular formula is C25H28O6. The number of carbonyl (C=O) groups is 1. The van der Waals surface area contributed by atoms with Gasteiger partial charge in [-0.1, -0.05) is 6.07 Å². The Labute approximate surface area is 181 Å². The molecule has 1 atom stereocenters. The highest BCUT2D eigenvalue weighted by atomic mass is 16.5. The van der Waals surface area contributed by atoms with Gasteiger partial charge in [-0.25, -0.2) is 0 Å². The normalized spacial score (nSPS) is 22.8. The van der Waals surface area contributed by atoms with Crippen molar-refractivity contribution in [3.8, 4) is 28.7 Å². The van der Waals surface area contributed by atoms with Crippen molar-refractivity contribution in [2.75, 3.05) is 0 Å². The molecule has 0 saturated carbocycles. The lowest BCUT2D eigenvalue weighted by molar-refractivity contribution is 0.0582. The van der Waals surface area contributed by atoms with Gasteiger partial charge >= 0.3 is 0 Å². The number of aromatic hydroxyl groups is 2. The number of phenols is 2. The number of hydrogen-bond donors (Lipinski definition) is 2. The van der Waals surface area contributed by atoms with Crippen LogP contribution in [0.1, 0.15) is 80.1 Å². The summed E-state index contributed by atoms with van der Waals surface area (Å²) < 4.78 is 19.2. The first kappa shape index (κ1) is 20.0. The van der Waals surface area contributed by atoms with Crippen LogP contribution in [0.3, 0.4) is 0 Å². The van der Waals surface area contributed by atoms with Crippen LogP contribution in [0.2, 0.25) is 0 Å². The summed E-state index contributed by atoms with van der Waals surface area (Å²) in [4.78, 5) is 13.4. The van der Waals surface area contributed by atoms with Crippen LogP contribution < -0.4 is 14.2 Å². The van der Waals surface area contributed by atoms with Crippen molar-refractivity contribution in [1.29, 1.82) is 0 Å². The predicted octanol–water partition coefficient (Wildman–Crippen LogP) is 5.01. The van der Waals surface area contributed by atoms with Crippen LogP contribution in [-0.2, 0) is 12.8 Å². The Bertz CT molecular complexity index is 1100. The average Bonchev–Trinajstić information content (AvgIpc) is 2.68. The van der Waals surface area contributed by atoms with Crippen LogP contribution in [0.25, 0.3) is 0 Å². The minimum absolute atomic E-state index is 0.0413. The second-order valence-corrected chi connectivity index (χ2v) is 10.0. The van der Waals surface area contributed by atoms with Crippen LogP contribution in [0.5, 0.6) is 28.7 Å². The van der Waals surface area contributed by atoms with E-state index in [0.29, 0.717) is 22.6 Å². The van der Waals surface area contributed by atoms with Gasteiger partial charge in [-0.2, -0.15) is 0 Å². The monoisotopic (exact) mass is 424 g/mol. The van der Waals surface area contributed by atoms with Gasteiger partial charge in [0.05, 0.1) is 6.42 Å². The molecule has 0 saturated heterocycles. The molecule has 5 rings (SSSR count). The van der Waals surface area contributed by atoms with Crippen molar-refractivity contribution in [2.45, 2.75) is 77.1 Å². The Kier molecular flexibility index (Phi) is 4.24. The Hall–Kier alpha value is -2.89. The molecular weight excluding hydrogens is 396 g/mol. The van der Waals surface area contributed by atoms with E-state index in [4.69, 9.17) is 14.2 Å². The summed E-state index contributed by atoms with van der Waals surface area (Å²) in [7, 11) is 0. The Morgan fingerprint density at radius 1 is 0.871 bits per heavy atom. The van der Waals surface area contributed by atoms with Crippen molar-refractivity contribution < 1.29 is 29.2 Å². The van der Waals surface area contributed by atoms with Gasteiger partial charge in [-0.15, -0.1) is 0 Å². The van der Waals surface area contributed by atoms with E-state index in [1.165, 1.54) is 12.1 Å². The first-order valence-electron chi connectivity index (χ1n) is 10.9. The minimum Gasteiger partial charge on any atom is -0.504 e. The third-order valence-corrected chi connectivity index (χ3v) is 6.54. The second-order valence-electron chi connectivity index (χ2n) is 10.0. The smallest absolute Gasteiger partial charge is 0.174 e. The highest BCUT2D eigenvalue weighted by molar-refractivity contribution is 6.04. The van der Waals surface area contributed by atoms with Crippen LogP contribution in [0, 0.1) is 0 Å². The van der Waals surface area contributed by atoms with Crippen LogP contribution in [-0.4, -0.2) is 27.2 Å². The molecule has 0 fully saturated rings. The summed E-state index contributed by atoms with van der Waals surface area (Å²) in [6.07, 6.45) is 2.79. The van der Waals surface area contributed by atoms with Gasteiger partial charge < -0.3 is 24.4 Å². The minimum atomic E-state index is -0.555. The molecule has 1 unspecified atom stereocenters. The summed E-state index contributed by atoms with van der Waals surface area (Å²) in [6.45, 7) is 8.21.